The molecule has 0 aliphatic heterocycles. The first-order valence-corrected chi connectivity index (χ1v) is 6.28. The van der Waals surface area contributed by atoms with Gasteiger partial charge in [0.25, 0.3) is 0 Å². The summed E-state index contributed by atoms with van der Waals surface area (Å²) >= 11 is 4.94. The van der Waals surface area contributed by atoms with Gasteiger partial charge in [0, 0.05) is 13.1 Å². The van der Waals surface area contributed by atoms with Crippen LogP contribution in [0.5, 0.6) is 11.5 Å². The van der Waals surface area contributed by atoms with Crippen LogP contribution in [0.25, 0.3) is 11.0 Å². The molecular formula is C13H15N3O3S. The Kier molecular flexibility index (Phi) is 4.09. The molecule has 0 unspecified atom stereocenters. The Morgan fingerprint density at radius 2 is 2.25 bits per heavy atom. The predicted octanol–water partition coefficient (Wildman–Crippen LogP) is 1.96. The van der Waals surface area contributed by atoms with Crippen molar-refractivity contribution < 1.29 is 14.3 Å². The summed E-state index contributed by atoms with van der Waals surface area (Å²) in [5.74, 6) is 0.537. The van der Waals surface area contributed by atoms with Crippen LogP contribution in [-0.2, 0) is 0 Å². The summed E-state index contributed by atoms with van der Waals surface area (Å²) in [7, 11) is 3.22. The first-order valence-electron chi connectivity index (χ1n) is 5.88. The molecule has 3 N–H and O–H groups in total. The first kappa shape index (κ1) is 14.1. The molecule has 0 radical (unpaired) electrons. The number of rotatable bonds is 3. The molecule has 0 aliphatic rings. The Morgan fingerprint density at radius 3 is 2.90 bits per heavy atom. The van der Waals surface area contributed by atoms with E-state index in [0.29, 0.717) is 27.7 Å². The van der Waals surface area contributed by atoms with Gasteiger partial charge in [-0.3, -0.25) is 5.43 Å². The molecule has 0 fully saturated rings. The summed E-state index contributed by atoms with van der Waals surface area (Å²) in [6, 6.07) is 3.30. The molecule has 1 heterocycles. The minimum Gasteiger partial charge on any atom is -0.507 e. The average Bonchev–Trinajstić information content (AvgIpc) is 2.90. The molecule has 2 rings (SSSR count). The van der Waals surface area contributed by atoms with Gasteiger partial charge in [0.05, 0.1) is 30.0 Å². The Labute approximate surface area is 121 Å². The number of hydrazone groups is 1. The Hall–Kier alpha value is -2.28. The largest absolute Gasteiger partial charge is 0.507 e. The molecule has 0 aliphatic carbocycles. The molecule has 7 heteroatoms. The number of nitrogens with one attached hydrogen (secondary N) is 2. The molecule has 0 spiro atoms. The van der Waals surface area contributed by atoms with Gasteiger partial charge in [-0.15, -0.1) is 0 Å². The number of benzene rings is 1. The van der Waals surface area contributed by atoms with Crippen LogP contribution >= 0.6 is 12.2 Å². The maximum Gasteiger partial charge on any atom is 0.186 e. The average molecular weight is 293 g/mol. The number of phenolic OH excluding ortho intramolecular Hbond substituents is 1. The molecular weight excluding hydrogens is 278 g/mol. The van der Waals surface area contributed by atoms with Crippen LogP contribution in [0.4, 0.5) is 0 Å². The first-order chi connectivity index (χ1) is 9.58. The van der Waals surface area contributed by atoms with Crippen molar-refractivity contribution in [3.63, 3.8) is 0 Å². The lowest BCUT2D eigenvalue weighted by molar-refractivity contribution is 0.411. The lowest BCUT2D eigenvalue weighted by Gasteiger charge is -2.11. The van der Waals surface area contributed by atoms with Gasteiger partial charge in [-0.25, -0.2) is 0 Å². The molecule has 0 atom stereocenters. The molecule has 2 aromatic rings. The summed E-state index contributed by atoms with van der Waals surface area (Å²) in [5.41, 5.74) is 4.25. The maximum absolute atomic E-state index is 10.1. The lowest BCUT2D eigenvalue weighted by Crippen LogP contribution is -2.29. The smallest absolute Gasteiger partial charge is 0.186 e. The fourth-order valence-electron chi connectivity index (χ4n) is 1.88. The van der Waals surface area contributed by atoms with E-state index < -0.39 is 0 Å². The minimum atomic E-state index is 0.0303. The zero-order chi connectivity index (χ0) is 14.7. The van der Waals surface area contributed by atoms with E-state index in [4.69, 9.17) is 21.4 Å². The van der Waals surface area contributed by atoms with Gasteiger partial charge in [-0.05, 0) is 25.2 Å². The normalized spacial score (nSPS) is 11.4. The highest BCUT2D eigenvalue weighted by Crippen LogP contribution is 2.37. The number of phenols is 1. The second-order valence-electron chi connectivity index (χ2n) is 4.02. The number of ether oxygens (including phenoxy) is 1. The van der Waals surface area contributed by atoms with E-state index in [-0.39, 0.29) is 5.75 Å². The van der Waals surface area contributed by atoms with Gasteiger partial charge in [0.2, 0.25) is 0 Å². The van der Waals surface area contributed by atoms with Crippen molar-refractivity contribution in [2.75, 3.05) is 14.2 Å². The van der Waals surface area contributed by atoms with E-state index in [9.17, 15) is 5.11 Å². The number of hydrogen-bond donors (Lipinski definition) is 3. The zero-order valence-electron chi connectivity index (χ0n) is 11.4. The summed E-state index contributed by atoms with van der Waals surface area (Å²) in [4.78, 5) is 0. The fourth-order valence-corrected chi connectivity index (χ4v) is 1.92. The Balaban J connectivity index is 2.52. The van der Waals surface area contributed by atoms with Crippen molar-refractivity contribution in [2.45, 2.75) is 6.92 Å². The standard InChI is InChI=1S/C13H15N3O3S/c1-7(15-16-13(20)14-2)11-9(17)6-10-8(4-5-19-10)12(11)18-3/h4-6,17H,1-3H3,(H2,14,16,20)/b15-7+. The summed E-state index contributed by atoms with van der Waals surface area (Å²) < 4.78 is 10.6. The summed E-state index contributed by atoms with van der Waals surface area (Å²) in [6.45, 7) is 1.74. The van der Waals surface area contributed by atoms with Gasteiger partial charge >= 0.3 is 0 Å². The SMILES string of the molecule is CNC(=S)N/N=C(\C)c1c(O)cc2occc2c1OC. The van der Waals surface area contributed by atoms with Crippen LogP contribution in [-0.4, -0.2) is 30.1 Å². The zero-order valence-corrected chi connectivity index (χ0v) is 12.2. The number of aromatic hydroxyl groups is 1. The monoisotopic (exact) mass is 293 g/mol. The number of thiocarbonyl (C=S) groups is 1. The van der Waals surface area contributed by atoms with Crippen molar-refractivity contribution in [1.29, 1.82) is 0 Å². The van der Waals surface area contributed by atoms with Crippen LogP contribution in [0.3, 0.4) is 0 Å². The van der Waals surface area contributed by atoms with Crippen molar-refractivity contribution >= 4 is 34.0 Å². The molecule has 0 bridgehead atoms. The maximum atomic E-state index is 10.1. The molecule has 1 aromatic heterocycles. The minimum absolute atomic E-state index is 0.0303. The predicted molar refractivity (Wildman–Crippen MR) is 81.4 cm³/mol. The Bertz CT molecular complexity index is 679. The summed E-state index contributed by atoms with van der Waals surface area (Å²) in [5, 5.41) is 18.1. The number of hydrogen-bond acceptors (Lipinski definition) is 5. The summed E-state index contributed by atoms with van der Waals surface area (Å²) in [6.07, 6.45) is 1.54. The number of furan rings is 1. The van der Waals surface area contributed by atoms with E-state index in [0.717, 1.165) is 5.39 Å². The molecule has 0 amide bonds. The van der Waals surface area contributed by atoms with Gasteiger partial charge < -0.3 is 19.6 Å². The highest BCUT2D eigenvalue weighted by Gasteiger charge is 2.18. The highest BCUT2D eigenvalue weighted by atomic mass is 32.1. The van der Waals surface area contributed by atoms with Gasteiger partial charge in [-0.2, -0.15) is 5.10 Å². The van der Waals surface area contributed by atoms with E-state index in [1.807, 2.05) is 0 Å². The highest BCUT2D eigenvalue weighted by molar-refractivity contribution is 7.80. The Morgan fingerprint density at radius 1 is 1.50 bits per heavy atom. The third kappa shape index (κ3) is 2.53. The van der Waals surface area contributed by atoms with Crippen molar-refractivity contribution in [1.82, 2.24) is 10.7 Å². The number of nitrogens with zero attached hydrogens (tertiary/aromatic N) is 1. The topological polar surface area (TPSA) is 79.0 Å². The van der Waals surface area contributed by atoms with Crippen molar-refractivity contribution in [3.8, 4) is 11.5 Å². The fraction of sp³-hybridized carbons (Fsp3) is 0.231. The van der Waals surface area contributed by atoms with E-state index in [1.165, 1.54) is 19.4 Å². The lowest BCUT2D eigenvalue weighted by atomic mass is 10.1. The second-order valence-corrected chi connectivity index (χ2v) is 4.43. The number of fused-ring (bicyclic) bond motifs is 1. The molecule has 6 nitrogen and oxygen atoms in total. The van der Waals surface area contributed by atoms with Crippen molar-refractivity contribution in [2.24, 2.45) is 5.10 Å². The molecule has 1 aromatic carbocycles. The second kappa shape index (κ2) is 5.79. The third-order valence-corrected chi connectivity index (χ3v) is 3.10. The molecule has 0 saturated heterocycles. The van der Waals surface area contributed by atoms with Gasteiger partial charge in [0.1, 0.15) is 17.1 Å². The molecule has 106 valence electrons. The molecule has 20 heavy (non-hydrogen) atoms. The van der Waals surface area contributed by atoms with Gasteiger partial charge in [0.15, 0.2) is 5.11 Å². The van der Waals surface area contributed by atoms with Crippen molar-refractivity contribution in [3.05, 3.63) is 24.0 Å². The van der Waals surface area contributed by atoms with Crippen LogP contribution in [0.2, 0.25) is 0 Å². The van der Waals surface area contributed by atoms with Crippen LogP contribution in [0.1, 0.15) is 12.5 Å². The van der Waals surface area contributed by atoms with Crippen LogP contribution < -0.4 is 15.5 Å². The number of methoxy groups -OCH3 is 1. The van der Waals surface area contributed by atoms with Crippen LogP contribution in [0, 0.1) is 0 Å². The quantitative estimate of drug-likeness (QED) is 0.456. The van der Waals surface area contributed by atoms with Gasteiger partial charge in [-0.1, -0.05) is 0 Å². The van der Waals surface area contributed by atoms with E-state index in [1.54, 1.807) is 20.0 Å². The van der Waals surface area contributed by atoms with E-state index in [2.05, 4.69) is 15.8 Å². The third-order valence-electron chi connectivity index (χ3n) is 2.81. The molecule has 0 saturated carbocycles. The van der Waals surface area contributed by atoms with E-state index >= 15 is 0 Å². The van der Waals surface area contributed by atoms with Crippen LogP contribution in [0.15, 0.2) is 27.9 Å².